The van der Waals surface area contributed by atoms with Gasteiger partial charge < -0.3 is 9.84 Å². The first kappa shape index (κ1) is 31.3. The maximum atomic E-state index is 11.0. The van der Waals surface area contributed by atoms with Gasteiger partial charge >= 0.3 is 5.97 Å². The normalized spacial score (nSPS) is 36.2. The van der Waals surface area contributed by atoms with Gasteiger partial charge in [0, 0.05) is 11.8 Å². The quantitative estimate of drug-likeness (QED) is 0.148. The first-order chi connectivity index (χ1) is 18.5. The van der Waals surface area contributed by atoms with Crippen molar-refractivity contribution >= 4 is 12.4 Å². The van der Waals surface area contributed by atoms with E-state index in [-0.39, 0.29) is 24.0 Å². The van der Waals surface area contributed by atoms with Crippen molar-refractivity contribution in [2.24, 2.45) is 41.4 Å². The minimum Gasteiger partial charge on any atom is -0.481 e. The molecule has 2 bridgehead atoms. The van der Waals surface area contributed by atoms with Crippen molar-refractivity contribution < 1.29 is 39.0 Å². The van der Waals surface area contributed by atoms with Gasteiger partial charge in [0.15, 0.2) is 0 Å². The van der Waals surface area contributed by atoms with E-state index in [9.17, 15) is 9.59 Å². The van der Waals surface area contributed by atoms with Gasteiger partial charge in [-0.3, -0.25) is 9.59 Å². The molecule has 0 spiro atoms. The number of hydrogen-bond acceptors (Lipinski definition) is 7. The Labute approximate surface area is 229 Å². The molecular weight excluding hydrogens is 488 g/mol. The summed E-state index contributed by atoms with van der Waals surface area (Å²) in [5, 5.41) is 9.03. The van der Waals surface area contributed by atoms with Crippen LogP contribution in [0.5, 0.6) is 0 Å². The second-order valence-corrected chi connectivity index (χ2v) is 12.0. The summed E-state index contributed by atoms with van der Waals surface area (Å²) in [7, 11) is 1.45. The molecule has 220 valence electrons. The van der Waals surface area contributed by atoms with Crippen LogP contribution in [0.1, 0.15) is 104 Å². The summed E-state index contributed by atoms with van der Waals surface area (Å²) >= 11 is 0. The predicted molar refractivity (Wildman–Crippen MR) is 143 cm³/mol. The number of hydrogen-bond donors (Lipinski definition) is 1. The lowest BCUT2D eigenvalue weighted by Crippen LogP contribution is -2.35. The van der Waals surface area contributed by atoms with E-state index in [1.165, 1.54) is 37.2 Å². The Morgan fingerprint density at radius 2 is 1.55 bits per heavy atom. The molecule has 8 heteroatoms. The molecule has 9 unspecified atom stereocenters. The molecule has 1 N–H and O–H groups in total. The summed E-state index contributed by atoms with van der Waals surface area (Å²) in [4.78, 5) is 40.6. The number of fused-ring (bicyclic) bond motifs is 5. The number of rotatable bonds is 10. The highest BCUT2D eigenvalue weighted by Crippen LogP contribution is 2.58. The van der Waals surface area contributed by atoms with Crippen LogP contribution in [0, 0.1) is 41.4 Å². The van der Waals surface area contributed by atoms with Crippen LogP contribution in [0.25, 0.3) is 0 Å². The van der Waals surface area contributed by atoms with E-state index in [0.717, 1.165) is 44.9 Å². The van der Waals surface area contributed by atoms with Gasteiger partial charge in [0.2, 0.25) is 0 Å². The lowest BCUT2D eigenvalue weighted by Gasteiger charge is -2.31. The van der Waals surface area contributed by atoms with Crippen LogP contribution in [0.4, 0.5) is 0 Å². The largest absolute Gasteiger partial charge is 0.481 e. The van der Waals surface area contributed by atoms with Gasteiger partial charge in [-0.05, 0) is 102 Å². The van der Waals surface area contributed by atoms with Gasteiger partial charge in [-0.15, -0.1) is 0 Å². The molecule has 0 aromatic heterocycles. The molecule has 0 heterocycles. The van der Waals surface area contributed by atoms with Crippen LogP contribution in [-0.2, 0) is 33.9 Å². The second-order valence-electron chi connectivity index (χ2n) is 12.0. The van der Waals surface area contributed by atoms with Gasteiger partial charge in [0.1, 0.15) is 6.10 Å². The van der Waals surface area contributed by atoms with Crippen molar-refractivity contribution in [2.75, 3.05) is 20.3 Å². The SMILES string of the molecule is C1CC2C3CCC(C3)C2C1.CCOOCC1CCCCC1OC=O.COOC(C)C1CCCCC1C(=O)O. The molecule has 0 aliphatic heterocycles. The molecule has 8 nitrogen and oxygen atoms in total. The zero-order valence-corrected chi connectivity index (χ0v) is 23.9. The lowest BCUT2D eigenvalue weighted by atomic mass is 9.76. The molecule has 0 radical (unpaired) electrons. The number of carbonyl (C=O) groups excluding carboxylic acids is 1. The summed E-state index contributed by atoms with van der Waals surface area (Å²) in [6, 6.07) is 0. The molecule has 0 amide bonds. The highest BCUT2D eigenvalue weighted by atomic mass is 17.2. The third-order valence-corrected chi connectivity index (χ3v) is 9.89. The topological polar surface area (TPSA) is 101 Å². The Morgan fingerprint density at radius 1 is 0.895 bits per heavy atom. The van der Waals surface area contributed by atoms with Crippen molar-refractivity contribution in [1.82, 2.24) is 0 Å². The third kappa shape index (κ3) is 8.90. The zero-order chi connectivity index (χ0) is 27.3. The van der Waals surface area contributed by atoms with Crippen LogP contribution >= 0.6 is 0 Å². The van der Waals surface area contributed by atoms with E-state index in [2.05, 4.69) is 4.89 Å². The summed E-state index contributed by atoms with van der Waals surface area (Å²) in [6.07, 6.45) is 17.5. The van der Waals surface area contributed by atoms with E-state index in [1.54, 1.807) is 38.5 Å². The molecule has 5 fully saturated rings. The van der Waals surface area contributed by atoms with Crippen molar-refractivity contribution in [3.05, 3.63) is 0 Å². The molecule has 5 saturated carbocycles. The highest BCUT2D eigenvalue weighted by molar-refractivity contribution is 5.70. The molecule has 9 atom stereocenters. The van der Waals surface area contributed by atoms with Crippen LogP contribution < -0.4 is 0 Å². The van der Waals surface area contributed by atoms with Crippen molar-refractivity contribution in [3.63, 3.8) is 0 Å². The van der Waals surface area contributed by atoms with Gasteiger partial charge in [-0.1, -0.05) is 25.7 Å². The molecule has 0 saturated heterocycles. The number of carboxylic acid groups (broad SMARTS) is 1. The van der Waals surface area contributed by atoms with E-state index in [1.807, 2.05) is 13.8 Å². The fraction of sp³-hybridized carbons (Fsp3) is 0.933. The number of ether oxygens (including phenoxy) is 1. The van der Waals surface area contributed by atoms with Crippen molar-refractivity contribution in [2.45, 2.75) is 116 Å². The highest BCUT2D eigenvalue weighted by Gasteiger charge is 2.48. The van der Waals surface area contributed by atoms with Crippen molar-refractivity contribution in [3.8, 4) is 0 Å². The fourth-order valence-electron chi connectivity index (χ4n) is 8.10. The molecular formula is C30H52O8. The fourth-order valence-corrected chi connectivity index (χ4v) is 8.10. The lowest BCUT2D eigenvalue weighted by molar-refractivity contribution is -0.314. The zero-order valence-electron chi connectivity index (χ0n) is 23.9. The Balaban J connectivity index is 0.000000160. The average Bonchev–Trinajstić information content (AvgIpc) is 3.67. The maximum Gasteiger partial charge on any atom is 0.306 e. The molecule has 5 aliphatic carbocycles. The second kappa shape index (κ2) is 16.8. The third-order valence-electron chi connectivity index (χ3n) is 9.89. The van der Waals surface area contributed by atoms with Gasteiger partial charge in [-0.25, -0.2) is 19.6 Å². The predicted octanol–water partition coefficient (Wildman–Crippen LogP) is 6.36. The van der Waals surface area contributed by atoms with Gasteiger partial charge in [-0.2, -0.15) is 0 Å². The first-order valence-electron chi connectivity index (χ1n) is 15.3. The maximum absolute atomic E-state index is 11.0. The van der Waals surface area contributed by atoms with E-state index < -0.39 is 5.97 Å². The number of carboxylic acids is 1. The first-order valence-corrected chi connectivity index (χ1v) is 15.3. The monoisotopic (exact) mass is 540 g/mol. The summed E-state index contributed by atoms with van der Waals surface area (Å²) in [5.41, 5.74) is 0. The van der Waals surface area contributed by atoms with Gasteiger partial charge in [0.05, 0.1) is 32.3 Å². The molecule has 38 heavy (non-hydrogen) atoms. The summed E-state index contributed by atoms with van der Waals surface area (Å²) < 4.78 is 5.01. The smallest absolute Gasteiger partial charge is 0.306 e. The van der Waals surface area contributed by atoms with Crippen LogP contribution in [0.3, 0.4) is 0 Å². The van der Waals surface area contributed by atoms with Crippen LogP contribution in [0.15, 0.2) is 0 Å². The van der Waals surface area contributed by atoms with E-state index >= 15 is 0 Å². The number of carbonyl (C=O) groups is 2. The Morgan fingerprint density at radius 3 is 2.18 bits per heavy atom. The minimum atomic E-state index is -0.707. The van der Waals surface area contributed by atoms with E-state index in [0.29, 0.717) is 25.6 Å². The van der Waals surface area contributed by atoms with Crippen molar-refractivity contribution in [1.29, 1.82) is 0 Å². The Kier molecular flexibility index (Phi) is 13.8. The minimum absolute atomic E-state index is 0.0155. The van der Waals surface area contributed by atoms with Crippen LogP contribution in [0.2, 0.25) is 0 Å². The molecule has 5 rings (SSSR count). The molecule has 0 aromatic carbocycles. The van der Waals surface area contributed by atoms with Crippen LogP contribution in [-0.4, -0.2) is 50.1 Å². The average molecular weight is 541 g/mol. The Hall–Kier alpha value is -1.22. The Bertz CT molecular complexity index is 671. The standard InChI is InChI=1S/2C10H18O4.C10H16/c1-7(14-13-2)8-5-3-4-6-9(8)10(11)12;1-2-13-14-7-9-5-3-4-6-10(9)12-8-11;1-2-9-7-4-5-8(6-7)10(9)3-1/h7-9H,3-6H2,1-2H3,(H,11,12);8-10H,2-7H2,1H3;7-10H,1-6H2. The molecule has 0 aromatic rings. The number of aliphatic carboxylic acids is 1. The summed E-state index contributed by atoms with van der Waals surface area (Å²) in [6.45, 7) is 5.34. The summed E-state index contributed by atoms with van der Waals surface area (Å²) in [5.74, 6) is 4.20. The molecule has 5 aliphatic rings. The van der Waals surface area contributed by atoms with E-state index in [4.69, 9.17) is 24.5 Å². The van der Waals surface area contributed by atoms with Gasteiger partial charge in [0.25, 0.3) is 6.47 Å².